The molecule has 0 aromatic heterocycles. The Bertz CT molecular complexity index is 121. The van der Waals surface area contributed by atoms with Gasteiger partial charge in [0.05, 0.1) is 0 Å². The SMILES string of the molecule is CC(O)(O)C(=O)C(C)(O)O. The van der Waals surface area contributed by atoms with Crippen LogP contribution in [-0.4, -0.2) is 37.8 Å². The minimum Gasteiger partial charge on any atom is -0.360 e. The van der Waals surface area contributed by atoms with Crippen molar-refractivity contribution in [2.45, 2.75) is 25.4 Å². The lowest BCUT2D eigenvalue weighted by Gasteiger charge is -2.21. The maximum atomic E-state index is 10.5. The van der Waals surface area contributed by atoms with Gasteiger partial charge in [-0.2, -0.15) is 0 Å². The van der Waals surface area contributed by atoms with Gasteiger partial charge >= 0.3 is 0 Å². The van der Waals surface area contributed by atoms with E-state index in [9.17, 15) is 4.79 Å². The molecule has 60 valence electrons. The molecule has 0 fully saturated rings. The highest BCUT2D eigenvalue weighted by molar-refractivity contribution is 5.90. The Morgan fingerprint density at radius 3 is 1.20 bits per heavy atom. The summed E-state index contributed by atoms with van der Waals surface area (Å²) in [6.45, 7) is 1.50. The van der Waals surface area contributed by atoms with E-state index in [1.807, 2.05) is 0 Å². The molecule has 0 aromatic rings. The lowest BCUT2D eigenvalue weighted by Crippen LogP contribution is -2.49. The Hall–Kier alpha value is -0.490. The molecule has 0 heterocycles. The summed E-state index contributed by atoms with van der Waals surface area (Å²) in [7, 11) is 0. The number of hydrogen-bond donors (Lipinski definition) is 4. The zero-order chi connectivity index (χ0) is 8.58. The van der Waals surface area contributed by atoms with Crippen LogP contribution in [-0.2, 0) is 4.79 Å². The number of ketones is 1. The number of Topliss-reactive ketones (excluding diaryl/α,β-unsaturated/α-hetero) is 1. The first-order valence-electron chi connectivity index (χ1n) is 2.60. The van der Waals surface area contributed by atoms with Crippen molar-refractivity contribution in [1.29, 1.82) is 0 Å². The molecule has 5 heteroatoms. The molecule has 5 nitrogen and oxygen atoms in total. The topological polar surface area (TPSA) is 98.0 Å². The largest absolute Gasteiger partial charge is 0.360 e. The summed E-state index contributed by atoms with van der Waals surface area (Å²) in [5.41, 5.74) is 0. The van der Waals surface area contributed by atoms with E-state index in [1.165, 1.54) is 0 Å². The van der Waals surface area contributed by atoms with Crippen molar-refractivity contribution in [3.63, 3.8) is 0 Å². The van der Waals surface area contributed by atoms with Gasteiger partial charge in [-0.05, 0) is 13.8 Å². The van der Waals surface area contributed by atoms with Gasteiger partial charge in [0.1, 0.15) is 0 Å². The molecule has 0 aliphatic carbocycles. The summed E-state index contributed by atoms with van der Waals surface area (Å²) in [6.07, 6.45) is 0. The third-order valence-corrected chi connectivity index (χ3v) is 0.860. The summed E-state index contributed by atoms with van der Waals surface area (Å²) in [6, 6.07) is 0. The Balaban J connectivity index is 4.40. The summed E-state index contributed by atoms with van der Waals surface area (Å²) in [4.78, 5) is 10.5. The highest BCUT2D eigenvalue weighted by Gasteiger charge is 2.40. The average molecular weight is 150 g/mol. The van der Waals surface area contributed by atoms with Crippen LogP contribution in [0.1, 0.15) is 13.8 Å². The highest BCUT2D eigenvalue weighted by Crippen LogP contribution is 2.09. The fourth-order valence-electron chi connectivity index (χ4n) is 0.449. The van der Waals surface area contributed by atoms with Gasteiger partial charge in [0.15, 0.2) is 0 Å². The normalized spacial score (nSPS) is 13.4. The van der Waals surface area contributed by atoms with Gasteiger partial charge in [-0.25, -0.2) is 0 Å². The standard InChI is InChI=1S/C5H10O5/c1-4(7,8)3(6)5(2,9)10/h7-10H,1-2H3. The predicted octanol–water partition coefficient (Wildman–Crippen LogP) is -2.04. The molecule has 0 atom stereocenters. The van der Waals surface area contributed by atoms with E-state index in [2.05, 4.69) is 0 Å². The highest BCUT2D eigenvalue weighted by atomic mass is 16.5. The van der Waals surface area contributed by atoms with E-state index in [-0.39, 0.29) is 0 Å². The smallest absolute Gasteiger partial charge is 0.249 e. The van der Waals surface area contributed by atoms with E-state index >= 15 is 0 Å². The molecule has 0 aliphatic rings. The van der Waals surface area contributed by atoms with Crippen LogP contribution in [0.4, 0.5) is 0 Å². The van der Waals surface area contributed by atoms with Gasteiger partial charge in [0.25, 0.3) is 0 Å². The van der Waals surface area contributed by atoms with Crippen molar-refractivity contribution in [2.24, 2.45) is 0 Å². The Kier molecular flexibility index (Phi) is 2.17. The molecule has 4 N–H and O–H groups in total. The number of hydrogen-bond acceptors (Lipinski definition) is 5. The first-order chi connectivity index (χ1) is 4.15. The maximum Gasteiger partial charge on any atom is 0.249 e. The maximum absolute atomic E-state index is 10.5. The second kappa shape index (κ2) is 2.28. The van der Waals surface area contributed by atoms with Crippen LogP contribution < -0.4 is 0 Å². The Morgan fingerprint density at radius 1 is 1.00 bits per heavy atom. The molecule has 0 saturated carbocycles. The van der Waals surface area contributed by atoms with E-state index in [4.69, 9.17) is 20.4 Å². The third kappa shape index (κ3) is 2.40. The van der Waals surface area contributed by atoms with Crippen LogP contribution in [0, 0.1) is 0 Å². The number of carbonyl (C=O) groups excluding carboxylic acids is 1. The summed E-state index contributed by atoms with van der Waals surface area (Å²) in [5, 5.41) is 34.0. The second-order valence-electron chi connectivity index (χ2n) is 2.37. The first-order valence-corrected chi connectivity index (χ1v) is 2.60. The molecule has 0 amide bonds. The van der Waals surface area contributed by atoms with Crippen LogP contribution in [0.25, 0.3) is 0 Å². The van der Waals surface area contributed by atoms with Crippen LogP contribution in [0.5, 0.6) is 0 Å². The molecule has 0 radical (unpaired) electrons. The van der Waals surface area contributed by atoms with Gasteiger partial charge in [-0.15, -0.1) is 0 Å². The molecule has 0 aliphatic heterocycles. The third-order valence-electron chi connectivity index (χ3n) is 0.860. The molecule has 0 rings (SSSR count). The fourth-order valence-corrected chi connectivity index (χ4v) is 0.449. The first kappa shape index (κ1) is 9.51. The lowest BCUT2D eigenvalue weighted by molar-refractivity contribution is -0.221. The number of carbonyl (C=O) groups is 1. The van der Waals surface area contributed by atoms with Gasteiger partial charge < -0.3 is 20.4 Å². The Labute approximate surface area is 57.5 Å². The monoisotopic (exact) mass is 150 g/mol. The molecule has 0 spiro atoms. The van der Waals surface area contributed by atoms with Crippen LogP contribution >= 0.6 is 0 Å². The van der Waals surface area contributed by atoms with Crippen molar-refractivity contribution in [3.05, 3.63) is 0 Å². The van der Waals surface area contributed by atoms with E-state index in [0.717, 1.165) is 13.8 Å². The van der Waals surface area contributed by atoms with Crippen molar-refractivity contribution in [3.8, 4) is 0 Å². The van der Waals surface area contributed by atoms with Crippen LogP contribution in [0.3, 0.4) is 0 Å². The van der Waals surface area contributed by atoms with Gasteiger partial charge in [0.2, 0.25) is 17.4 Å². The Morgan fingerprint density at radius 2 is 1.20 bits per heavy atom. The molecule has 10 heavy (non-hydrogen) atoms. The molecule has 0 aromatic carbocycles. The predicted molar refractivity (Wildman–Crippen MR) is 30.7 cm³/mol. The molecule has 0 saturated heterocycles. The molecule has 0 bridgehead atoms. The van der Waals surface area contributed by atoms with Gasteiger partial charge in [-0.1, -0.05) is 0 Å². The fraction of sp³-hybridized carbons (Fsp3) is 0.800. The van der Waals surface area contributed by atoms with Gasteiger partial charge in [-0.3, -0.25) is 4.79 Å². The van der Waals surface area contributed by atoms with E-state index in [0.29, 0.717) is 0 Å². The minimum atomic E-state index is -2.70. The molecular formula is C5H10O5. The molecule has 0 unspecified atom stereocenters. The van der Waals surface area contributed by atoms with Crippen molar-refractivity contribution < 1.29 is 25.2 Å². The van der Waals surface area contributed by atoms with Gasteiger partial charge in [0, 0.05) is 0 Å². The van der Waals surface area contributed by atoms with E-state index < -0.39 is 17.4 Å². The molecular weight excluding hydrogens is 140 g/mol. The minimum absolute atomic E-state index is 0.750. The van der Waals surface area contributed by atoms with E-state index in [1.54, 1.807) is 0 Å². The zero-order valence-electron chi connectivity index (χ0n) is 5.70. The summed E-state index contributed by atoms with van der Waals surface area (Å²) in [5.74, 6) is -6.85. The average Bonchev–Trinajstić information content (AvgIpc) is 1.59. The number of rotatable bonds is 2. The summed E-state index contributed by atoms with van der Waals surface area (Å²) >= 11 is 0. The lowest BCUT2D eigenvalue weighted by atomic mass is 10.1. The van der Waals surface area contributed by atoms with Crippen molar-refractivity contribution in [2.75, 3.05) is 0 Å². The quantitative estimate of drug-likeness (QED) is 0.340. The van der Waals surface area contributed by atoms with Crippen molar-refractivity contribution in [1.82, 2.24) is 0 Å². The zero-order valence-corrected chi connectivity index (χ0v) is 5.70. The van der Waals surface area contributed by atoms with Crippen molar-refractivity contribution >= 4 is 5.78 Å². The second-order valence-corrected chi connectivity index (χ2v) is 2.37. The summed E-state index contributed by atoms with van der Waals surface area (Å²) < 4.78 is 0. The van der Waals surface area contributed by atoms with Crippen LogP contribution in [0.15, 0.2) is 0 Å². The number of aliphatic hydroxyl groups is 4. The van der Waals surface area contributed by atoms with Crippen LogP contribution in [0.2, 0.25) is 0 Å².